The lowest BCUT2D eigenvalue weighted by Gasteiger charge is -2.26. The van der Waals surface area contributed by atoms with Crippen molar-refractivity contribution < 1.29 is 24.5 Å². The van der Waals surface area contributed by atoms with Crippen LogP contribution in [0.15, 0.2) is 28.7 Å². The summed E-state index contributed by atoms with van der Waals surface area (Å²) in [6, 6.07) is 7.30. The smallest absolute Gasteiger partial charge is 0.297 e. The standard InChI is InChI=1S/C20H23ClN4O3.CH2O2/c1-11-6-13(21)8-16(27)18(11)15-2-3-17-19(24-15)25-20(28-17)23-5-4-12-7-14(26)10-22-9-12;2-1-3/h2-3,6,8,12,14,22,26-27H,4-5,7,9-10H2,1H3,(H,23,24,25);1H,(H,2,3)/t12-,14?;/m1./s1. The monoisotopic (exact) mass is 448 g/mol. The predicted octanol–water partition coefficient (Wildman–Crippen LogP) is 3.03. The molecule has 0 radical (unpaired) electrons. The third-order valence-corrected chi connectivity index (χ3v) is 5.25. The number of aliphatic hydroxyl groups excluding tert-OH is 1. The summed E-state index contributed by atoms with van der Waals surface area (Å²) in [5.41, 5.74) is 3.13. The number of phenols is 1. The number of β-amino-alcohol motifs (C(OH)–C–C–N with tert-alkyl or cyclic N) is 1. The molecule has 10 heteroatoms. The zero-order valence-corrected chi connectivity index (χ0v) is 17.8. The zero-order valence-electron chi connectivity index (χ0n) is 17.0. The summed E-state index contributed by atoms with van der Waals surface area (Å²) in [6.07, 6.45) is 1.47. The number of anilines is 1. The molecular formula is C21H25ClN4O5. The largest absolute Gasteiger partial charge is 0.507 e. The van der Waals surface area contributed by atoms with E-state index in [0.717, 1.165) is 24.9 Å². The molecule has 166 valence electrons. The van der Waals surface area contributed by atoms with Crippen LogP contribution in [0, 0.1) is 12.8 Å². The average Bonchev–Trinajstić information content (AvgIpc) is 3.10. The summed E-state index contributed by atoms with van der Waals surface area (Å²) >= 11 is 5.99. The van der Waals surface area contributed by atoms with Crippen LogP contribution in [0.1, 0.15) is 18.4 Å². The summed E-state index contributed by atoms with van der Waals surface area (Å²) in [7, 11) is 0. The van der Waals surface area contributed by atoms with Crippen LogP contribution in [0.5, 0.6) is 5.75 Å². The molecule has 3 aromatic rings. The van der Waals surface area contributed by atoms with Crippen LogP contribution < -0.4 is 10.6 Å². The molecular weight excluding hydrogens is 424 g/mol. The minimum absolute atomic E-state index is 0.0852. The van der Waals surface area contributed by atoms with Gasteiger partial charge in [-0.25, -0.2) is 4.98 Å². The number of halogens is 1. The van der Waals surface area contributed by atoms with E-state index in [4.69, 9.17) is 25.9 Å². The fourth-order valence-electron chi connectivity index (χ4n) is 3.70. The number of oxazole rings is 1. The lowest BCUT2D eigenvalue weighted by molar-refractivity contribution is -0.122. The number of carbonyl (C=O) groups is 1. The zero-order chi connectivity index (χ0) is 22.4. The first-order valence-electron chi connectivity index (χ1n) is 9.88. The third-order valence-electron chi connectivity index (χ3n) is 5.04. The maximum absolute atomic E-state index is 10.3. The molecule has 1 aromatic carbocycles. The number of hydrogen-bond donors (Lipinski definition) is 5. The van der Waals surface area contributed by atoms with Crippen LogP contribution in [0.2, 0.25) is 5.02 Å². The molecule has 5 N–H and O–H groups in total. The van der Waals surface area contributed by atoms with Crippen molar-refractivity contribution in [2.45, 2.75) is 25.9 Å². The summed E-state index contributed by atoms with van der Waals surface area (Å²) in [5.74, 6) is 0.517. The van der Waals surface area contributed by atoms with Crippen molar-refractivity contribution in [3.05, 3.63) is 34.9 Å². The Bertz CT molecular complexity index is 1020. The highest BCUT2D eigenvalue weighted by molar-refractivity contribution is 6.31. The number of benzene rings is 1. The molecule has 9 nitrogen and oxygen atoms in total. The first kappa shape index (κ1) is 22.8. The Morgan fingerprint density at radius 2 is 2.10 bits per heavy atom. The molecule has 1 aliphatic rings. The second-order valence-electron chi connectivity index (χ2n) is 7.39. The van der Waals surface area contributed by atoms with E-state index >= 15 is 0 Å². The molecule has 1 saturated heterocycles. The van der Waals surface area contributed by atoms with Crippen molar-refractivity contribution in [3.8, 4) is 17.0 Å². The van der Waals surface area contributed by atoms with Gasteiger partial charge in [0.2, 0.25) is 5.65 Å². The van der Waals surface area contributed by atoms with Gasteiger partial charge in [-0.2, -0.15) is 4.98 Å². The number of nitrogens with zero attached hydrogens (tertiary/aromatic N) is 2. The maximum Gasteiger partial charge on any atom is 0.297 e. The Hall–Kier alpha value is -2.88. The van der Waals surface area contributed by atoms with E-state index in [-0.39, 0.29) is 18.3 Å². The molecule has 0 aliphatic carbocycles. The van der Waals surface area contributed by atoms with Crippen LogP contribution in [0.4, 0.5) is 6.01 Å². The number of rotatable bonds is 5. The normalized spacial score (nSPS) is 18.3. The number of carboxylic acid groups (broad SMARTS) is 1. The fraction of sp³-hybridized carbons (Fsp3) is 0.381. The minimum Gasteiger partial charge on any atom is -0.507 e. The highest BCUT2D eigenvalue weighted by atomic mass is 35.5. The topological polar surface area (TPSA) is 141 Å². The third kappa shape index (κ3) is 5.84. The van der Waals surface area contributed by atoms with E-state index in [2.05, 4.69) is 20.6 Å². The highest BCUT2D eigenvalue weighted by Gasteiger charge is 2.19. The van der Waals surface area contributed by atoms with Crippen molar-refractivity contribution in [2.24, 2.45) is 5.92 Å². The molecule has 1 aliphatic heterocycles. The molecule has 1 fully saturated rings. The first-order chi connectivity index (χ1) is 14.9. The predicted molar refractivity (Wildman–Crippen MR) is 117 cm³/mol. The van der Waals surface area contributed by atoms with Crippen molar-refractivity contribution in [1.82, 2.24) is 15.3 Å². The second kappa shape index (κ2) is 10.4. The van der Waals surface area contributed by atoms with Crippen LogP contribution in [0.3, 0.4) is 0 Å². The number of aromatic nitrogens is 2. The van der Waals surface area contributed by atoms with E-state index in [1.54, 1.807) is 18.2 Å². The van der Waals surface area contributed by atoms with Gasteiger partial charge in [0, 0.05) is 23.7 Å². The van der Waals surface area contributed by atoms with Crippen molar-refractivity contribution in [1.29, 1.82) is 0 Å². The van der Waals surface area contributed by atoms with Gasteiger partial charge in [-0.3, -0.25) is 4.79 Å². The Kier molecular flexibility index (Phi) is 7.67. The molecule has 2 atom stereocenters. The summed E-state index contributed by atoms with van der Waals surface area (Å²) < 4.78 is 5.72. The lowest BCUT2D eigenvalue weighted by atomic mass is 9.94. The van der Waals surface area contributed by atoms with Gasteiger partial charge in [0.25, 0.3) is 12.5 Å². The van der Waals surface area contributed by atoms with Gasteiger partial charge in [0.05, 0.1) is 11.8 Å². The number of nitrogens with one attached hydrogen (secondary N) is 2. The van der Waals surface area contributed by atoms with Crippen molar-refractivity contribution in [3.63, 3.8) is 0 Å². The number of aromatic hydroxyl groups is 1. The number of piperidine rings is 1. The number of hydrogen-bond acceptors (Lipinski definition) is 8. The Balaban J connectivity index is 0.000000858. The molecule has 3 heterocycles. The SMILES string of the molecule is Cc1cc(Cl)cc(O)c1-c1ccc2oc(NCC[C@H]3CNCC(O)C3)nc2n1.O=CO. The Morgan fingerprint density at radius 3 is 2.81 bits per heavy atom. The van der Waals surface area contributed by atoms with Gasteiger partial charge in [0.1, 0.15) is 5.75 Å². The number of aryl methyl sites for hydroxylation is 1. The van der Waals surface area contributed by atoms with Gasteiger partial charge in [-0.1, -0.05) is 11.6 Å². The summed E-state index contributed by atoms with van der Waals surface area (Å²) in [6.45, 7) is 3.92. The van der Waals surface area contributed by atoms with Gasteiger partial charge >= 0.3 is 0 Å². The molecule has 4 rings (SSSR count). The number of pyridine rings is 1. The van der Waals surface area contributed by atoms with E-state index in [1.807, 2.05) is 6.92 Å². The Labute approximate surface area is 184 Å². The highest BCUT2D eigenvalue weighted by Crippen LogP contribution is 2.35. The fourth-order valence-corrected chi connectivity index (χ4v) is 3.97. The quantitative estimate of drug-likeness (QED) is 0.372. The van der Waals surface area contributed by atoms with Crippen LogP contribution in [0.25, 0.3) is 22.5 Å². The first-order valence-corrected chi connectivity index (χ1v) is 10.3. The van der Waals surface area contributed by atoms with Gasteiger partial charge in [-0.05, 0) is 62.1 Å². The van der Waals surface area contributed by atoms with Crippen LogP contribution in [-0.4, -0.2) is 57.5 Å². The van der Waals surface area contributed by atoms with E-state index in [9.17, 15) is 10.2 Å². The van der Waals surface area contributed by atoms with Crippen molar-refractivity contribution >= 4 is 35.3 Å². The average molecular weight is 449 g/mol. The lowest BCUT2D eigenvalue weighted by Crippen LogP contribution is -2.39. The molecule has 31 heavy (non-hydrogen) atoms. The Morgan fingerprint density at radius 1 is 1.32 bits per heavy atom. The number of aliphatic hydroxyl groups is 1. The van der Waals surface area contributed by atoms with E-state index in [1.165, 1.54) is 6.07 Å². The summed E-state index contributed by atoms with van der Waals surface area (Å²) in [4.78, 5) is 17.3. The van der Waals surface area contributed by atoms with Crippen LogP contribution in [-0.2, 0) is 4.79 Å². The van der Waals surface area contributed by atoms with Gasteiger partial charge < -0.3 is 30.4 Å². The molecule has 0 amide bonds. The molecule has 0 saturated carbocycles. The minimum atomic E-state index is -0.265. The van der Waals surface area contributed by atoms with Gasteiger partial charge in [-0.15, -0.1) is 0 Å². The molecule has 1 unspecified atom stereocenters. The number of fused-ring (bicyclic) bond motifs is 1. The van der Waals surface area contributed by atoms with E-state index in [0.29, 0.717) is 52.5 Å². The van der Waals surface area contributed by atoms with Crippen molar-refractivity contribution in [2.75, 3.05) is 25.0 Å². The van der Waals surface area contributed by atoms with Gasteiger partial charge in [0.15, 0.2) is 5.58 Å². The number of phenolic OH excluding ortho intramolecular Hbond substituents is 1. The van der Waals surface area contributed by atoms with Crippen LogP contribution >= 0.6 is 11.6 Å². The molecule has 0 spiro atoms. The summed E-state index contributed by atoms with van der Waals surface area (Å²) in [5, 5.41) is 33.8. The second-order valence-corrected chi connectivity index (χ2v) is 7.83. The maximum atomic E-state index is 10.3. The molecule has 2 aromatic heterocycles. The van der Waals surface area contributed by atoms with E-state index < -0.39 is 0 Å². The molecule has 0 bridgehead atoms.